The number of aromatic nitrogens is 2. The summed E-state index contributed by atoms with van der Waals surface area (Å²) in [5.41, 5.74) is 0. The topological polar surface area (TPSA) is 44.5 Å². The molecule has 2 rings (SSSR count). The van der Waals surface area contributed by atoms with Crippen molar-refractivity contribution >= 4 is 0 Å². The van der Waals surface area contributed by atoms with Gasteiger partial charge in [-0.15, -0.1) is 0 Å². The van der Waals surface area contributed by atoms with E-state index < -0.39 is 12.7 Å². The van der Waals surface area contributed by atoms with Crippen LogP contribution < -0.4 is 0 Å². The van der Waals surface area contributed by atoms with Crippen LogP contribution in [0.15, 0.2) is 12.4 Å². The maximum absolute atomic E-state index is 12.6. The number of alkyl halides is 3. The van der Waals surface area contributed by atoms with Gasteiger partial charge in [0, 0.05) is 44.6 Å². The molecule has 5 nitrogen and oxygen atoms in total. The van der Waals surface area contributed by atoms with Crippen molar-refractivity contribution in [1.29, 1.82) is 0 Å². The summed E-state index contributed by atoms with van der Waals surface area (Å²) in [5.74, 6) is 0.446. The molecule has 0 aromatic carbocycles. The molecular weight excluding hydrogens is 309 g/mol. The summed E-state index contributed by atoms with van der Waals surface area (Å²) in [6.07, 6.45) is -0.870. The molecule has 1 fully saturated rings. The van der Waals surface area contributed by atoms with Crippen molar-refractivity contribution in [2.45, 2.75) is 51.7 Å². The number of aliphatic hydroxyl groups is 1. The van der Waals surface area contributed by atoms with Crippen LogP contribution >= 0.6 is 0 Å². The summed E-state index contributed by atoms with van der Waals surface area (Å²) in [4.78, 5) is 8.47. The van der Waals surface area contributed by atoms with Crippen molar-refractivity contribution < 1.29 is 18.3 Å². The van der Waals surface area contributed by atoms with Gasteiger partial charge in [0.05, 0.1) is 12.6 Å². The van der Waals surface area contributed by atoms with Crippen molar-refractivity contribution in [3.8, 4) is 0 Å². The highest BCUT2D eigenvalue weighted by Gasteiger charge is 2.30. The summed E-state index contributed by atoms with van der Waals surface area (Å²) >= 11 is 0. The second-order valence-corrected chi connectivity index (χ2v) is 6.23. The minimum Gasteiger partial charge on any atom is -0.392 e. The van der Waals surface area contributed by atoms with Gasteiger partial charge in [0.2, 0.25) is 0 Å². The molecule has 2 atom stereocenters. The Bertz CT molecular complexity index is 489. The summed E-state index contributed by atoms with van der Waals surface area (Å²) in [6.45, 7) is 6.27. The highest BCUT2D eigenvalue weighted by Crippen LogP contribution is 2.20. The summed E-state index contributed by atoms with van der Waals surface area (Å²) < 4.78 is 38.9. The van der Waals surface area contributed by atoms with Crippen molar-refractivity contribution in [3.63, 3.8) is 0 Å². The van der Waals surface area contributed by atoms with Crippen molar-refractivity contribution in [2.24, 2.45) is 0 Å². The second-order valence-electron chi connectivity index (χ2n) is 6.23. The van der Waals surface area contributed by atoms with E-state index in [4.69, 9.17) is 0 Å². The molecule has 0 unspecified atom stereocenters. The zero-order chi connectivity index (χ0) is 17.0. The third-order valence-electron chi connectivity index (χ3n) is 4.18. The Morgan fingerprint density at radius 2 is 2.13 bits per heavy atom. The van der Waals surface area contributed by atoms with Gasteiger partial charge in [0.25, 0.3) is 0 Å². The van der Waals surface area contributed by atoms with E-state index >= 15 is 0 Å². The number of halogens is 3. The predicted octanol–water partition coefficient (Wildman–Crippen LogP) is 1.72. The fourth-order valence-corrected chi connectivity index (χ4v) is 3.10. The van der Waals surface area contributed by atoms with Gasteiger partial charge >= 0.3 is 6.18 Å². The van der Waals surface area contributed by atoms with Crippen LogP contribution in [0.4, 0.5) is 13.2 Å². The number of nitrogens with zero attached hydrogens (tertiary/aromatic N) is 4. The molecule has 1 aromatic heterocycles. The molecule has 2 heterocycles. The summed E-state index contributed by atoms with van der Waals surface area (Å²) in [7, 11) is 0. The lowest BCUT2D eigenvalue weighted by Crippen LogP contribution is -2.54. The highest BCUT2D eigenvalue weighted by atomic mass is 19.4. The number of hydrogen-bond acceptors (Lipinski definition) is 4. The van der Waals surface area contributed by atoms with Crippen LogP contribution in [0.5, 0.6) is 0 Å². The Morgan fingerprint density at radius 1 is 1.39 bits per heavy atom. The smallest absolute Gasteiger partial charge is 0.392 e. The molecule has 0 radical (unpaired) electrons. The van der Waals surface area contributed by atoms with Gasteiger partial charge in [0.1, 0.15) is 12.4 Å². The van der Waals surface area contributed by atoms with Crippen LogP contribution in [0.1, 0.15) is 26.1 Å². The third kappa shape index (κ3) is 5.47. The van der Waals surface area contributed by atoms with Crippen LogP contribution in [-0.2, 0) is 13.1 Å². The molecule has 0 amide bonds. The van der Waals surface area contributed by atoms with Crippen LogP contribution in [0.3, 0.4) is 0 Å². The van der Waals surface area contributed by atoms with E-state index in [-0.39, 0.29) is 6.10 Å². The fraction of sp³-hybridized carbons (Fsp3) is 0.800. The van der Waals surface area contributed by atoms with Crippen molar-refractivity contribution in [3.05, 3.63) is 18.2 Å². The van der Waals surface area contributed by atoms with E-state index in [1.165, 1.54) is 17.0 Å². The Kier molecular flexibility index (Phi) is 6.05. The lowest BCUT2D eigenvalue weighted by atomic mass is 10.1. The first-order valence-corrected chi connectivity index (χ1v) is 7.99. The zero-order valence-corrected chi connectivity index (χ0v) is 13.6. The standard InChI is InChI=1S/C15H25F3N4O/c1-3-13-9-20(6-7-21(13)8-12(2)23)10-14-19-4-5-22(14)11-15(16,17)18/h4-5,12-13,23H,3,6-11H2,1-2H3/t12-,13-/m0/s1. The summed E-state index contributed by atoms with van der Waals surface area (Å²) in [5, 5.41) is 9.56. The van der Waals surface area contributed by atoms with E-state index in [0.717, 1.165) is 26.1 Å². The number of aliphatic hydroxyl groups excluding tert-OH is 1. The molecule has 1 aromatic rings. The Hall–Kier alpha value is -1.12. The molecule has 1 aliphatic heterocycles. The van der Waals surface area contributed by atoms with Gasteiger partial charge in [-0.2, -0.15) is 13.2 Å². The van der Waals surface area contributed by atoms with Crippen LogP contribution in [0, 0.1) is 0 Å². The molecule has 0 saturated carbocycles. The third-order valence-corrected chi connectivity index (χ3v) is 4.18. The first-order chi connectivity index (χ1) is 10.8. The average molecular weight is 334 g/mol. The average Bonchev–Trinajstić information content (AvgIpc) is 2.85. The molecule has 0 spiro atoms. The monoisotopic (exact) mass is 334 g/mol. The van der Waals surface area contributed by atoms with E-state index in [1.54, 1.807) is 6.92 Å². The highest BCUT2D eigenvalue weighted by molar-refractivity contribution is 4.95. The first-order valence-electron chi connectivity index (χ1n) is 7.99. The van der Waals surface area contributed by atoms with E-state index in [1.807, 2.05) is 0 Å². The summed E-state index contributed by atoms with van der Waals surface area (Å²) in [6, 6.07) is 0.310. The number of imidazole rings is 1. The minimum absolute atomic E-state index is 0.310. The molecule has 23 heavy (non-hydrogen) atoms. The number of rotatable bonds is 6. The largest absolute Gasteiger partial charge is 0.406 e. The Balaban J connectivity index is 1.96. The van der Waals surface area contributed by atoms with Crippen LogP contribution in [-0.4, -0.2) is 69.0 Å². The SMILES string of the molecule is CC[C@H]1CN(Cc2nccn2CC(F)(F)F)CCN1C[C@H](C)O. The Labute approximate surface area is 134 Å². The zero-order valence-electron chi connectivity index (χ0n) is 13.6. The Morgan fingerprint density at radius 3 is 2.74 bits per heavy atom. The molecule has 0 bridgehead atoms. The maximum atomic E-state index is 12.6. The van der Waals surface area contributed by atoms with Gasteiger partial charge in [-0.1, -0.05) is 6.92 Å². The van der Waals surface area contributed by atoms with Gasteiger partial charge in [0.15, 0.2) is 0 Å². The van der Waals surface area contributed by atoms with Crippen LogP contribution in [0.2, 0.25) is 0 Å². The van der Waals surface area contributed by atoms with Gasteiger partial charge in [-0.05, 0) is 13.3 Å². The van der Waals surface area contributed by atoms with Crippen molar-refractivity contribution in [2.75, 3.05) is 26.2 Å². The van der Waals surface area contributed by atoms with E-state index in [9.17, 15) is 18.3 Å². The van der Waals surface area contributed by atoms with E-state index in [0.29, 0.717) is 25.0 Å². The van der Waals surface area contributed by atoms with Crippen molar-refractivity contribution in [1.82, 2.24) is 19.4 Å². The number of piperazine rings is 1. The fourth-order valence-electron chi connectivity index (χ4n) is 3.10. The molecule has 1 saturated heterocycles. The lowest BCUT2D eigenvalue weighted by molar-refractivity contribution is -0.141. The molecule has 1 aliphatic rings. The normalized spacial score (nSPS) is 22.4. The predicted molar refractivity (Wildman–Crippen MR) is 80.9 cm³/mol. The first kappa shape index (κ1) is 18.2. The van der Waals surface area contributed by atoms with E-state index in [2.05, 4.69) is 21.7 Å². The number of hydrogen-bond donors (Lipinski definition) is 1. The van der Waals surface area contributed by atoms with Crippen LogP contribution in [0.25, 0.3) is 0 Å². The van der Waals surface area contributed by atoms with Gasteiger partial charge < -0.3 is 9.67 Å². The molecular formula is C15H25F3N4O. The molecule has 0 aliphatic carbocycles. The minimum atomic E-state index is -4.24. The lowest BCUT2D eigenvalue weighted by Gasteiger charge is -2.41. The molecule has 1 N–H and O–H groups in total. The molecule has 8 heteroatoms. The second kappa shape index (κ2) is 7.63. The molecule has 132 valence electrons. The van der Waals surface area contributed by atoms with Gasteiger partial charge in [-0.3, -0.25) is 9.80 Å². The number of β-amino-alcohol motifs (C(OH)–C–C–N with tert-alkyl or cyclic N) is 1. The van der Waals surface area contributed by atoms with Gasteiger partial charge in [-0.25, -0.2) is 4.98 Å². The maximum Gasteiger partial charge on any atom is 0.406 e. The quantitative estimate of drug-likeness (QED) is 0.860.